The molecule has 1 aromatic heterocycles. The van der Waals surface area contributed by atoms with E-state index in [-0.39, 0.29) is 0 Å². The second-order valence-electron chi connectivity index (χ2n) is 13.4. The van der Waals surface area contributed by atoms with Gasteiger partial charge in [-0.05, 0) is 81.8 Å². The van der Waals surface area contributed by atoms with Crippen molar-refractivity contribution in [2.45, 2.75) is 11.8 Å². The van der Waals surface area contributed by atoms with Crippen LogP contribution in [0.2, 0.25) is 0 Å². The largest absolute Gasteiger partial charge is 0.310 e. The highest BCUT2D eigenvalue weighted by atomic mass is 15.2. The zero-order valence-corrected chi connectivity index (χ0v) is 27.9. The third kappa shape index (κ3) is 4.59. The molecule has 240 valence electrons. The first-order valence-corrected chi connectivity index (χ1v) is 17.6. The van der Waals surface area contributed by atoms with Gasteiger partial charge in [0.15, 0.2) is 5.82 Å². The number of aromatic nitrogens is 2. The number of para-hydroxylation sites is 3. The maximum Gasteiger partial charge on any atom is 0.153 e. The van der Waals surface area contributed by atoms with Gasteiger partial charge in [-0.25, -0.2) is 9.97 Å². The number of hydrogen-bond donors (Lipinski definition) is 0. The Balaban J connectivity index is 1.17. The quantitative estimate of drug-likeness (QED) is 0.190. The lowest BCUT2D eigenvalue weighted by Gasteiger charge is -2.46. The number of fused-ring (bicyclic) bond motifs is 8. The van der Waals surface area contributed by atoms with Gasteiger partial charge in [0.25, 0.3) is 0 Å². The summed E-state index contributed by atoms with van der Waals surface area (Å²) in [6, 6.07) is 60.6. The Kier molecular flexibility index (Phi) is 6.78. The fourth-order valence-electron chi connectivity index (χ4n) is 8.47. The van der Waals surface area contributed by atoms with Crippen LogP contribution in [0.1, 0.15) is 34.5 Å². The number of rotatable bonds is 4. The predicted molar refractivity (Wildman–Crippen MR) is 209 cm³/mol. The minimum Gasteiger partial charge on any atom is -0.310 e. The Bertz CT molecular complexity index is 2440. The molecule has 0 unspecified atom stereocenters. The molecule has 1 aliphatic heterocycles. The molecule has 0 amide bonds. The summed E-state index contributed by atoms with van der Waals surface area (Å²) >= 11 is 0. The van der Waals surface area contributed by atoms with Gasteiger partial charge in [0, 0.05) is 16.8 Å². The van der Waals surface area contributed by atoms with Crippen LogP contribution in [0.5, 0.6) is 0 Å². The molecule has 51 heavy (non-hydrogen) atoms. The van der Waals surface area contributed by atoms with Crippen LogP contribution in [0.25, 0.3) is 34.2 Å². The molecule has 0 fully saturated rings. The van der Waals surface area contributed by atoms with E-state index >= 15 is 0 Å². The lowest BCUT2D eigenvalue weighted by atomic mass is 9.62. The first kappa shape index (κ1) is 29.3. The fourth-order valence-corrected chi connectivity index (χ4v) is 8.47. The summed E-state index contributed by atoms with van der Waals surface area (Å²) in [4.78, 5) is 12.7. The predicted octanol–water partition coefficient (Wildman–Crippen LogP) is 11.7. The van der Waals surface area contributed by atoms with E-state index in [0.717, 1.165) is 34.6 Å². The van der Waals surface area contributed by atoms with E-state index in [1.54, 1.807) is 0 Å². The third-order valence-electron chi connectivity index (χ3n) is 10.6. The molecule has 2 aliphatic carbocycles. The van der Waals surface area contributed by atoms with E-state index in [1.807, 2.05) is 12.1 Å². The minimum absolute atomic E-state index is 0.462. The van der Waals surface area contributed by atoms with E-state index in [0.29, 0.717) is 5.82 Å². The van der Waals surface area contributed by atoms with E-state index in [9.17, 15) is 0 Å². The van der Waals surface area contributed by atoms with E-state index in [1.165, 1.54) is 50.3 Å². The van der Waals surface area contributed by atoms with Gasteiger partial charge in [0.2, 0.25) is 0 Å². The van der Waals surface area contributed by atoms with Crippen LogP contribution in [0, 0.1) is 0 Å². The summed E-state index contributed by atoms with van der Waals surface area (Å²) in [5, 5.41) is 0. The lowest BCUT2D eigenvalue weighted by molar-refractivity contribution is 0.708. The maximum absolute atomic E-state index is 5.12. The molecule has 3 heteroatoms. The number of benzene rings is 6. The molecule has 6 aromatic carbocycles. The van der Waals surface area contributed by atoms with Crippen LogP contribution in [-0.2, 0) is 5.41 Å². The van der Waals surface area contributed by atoms with Crippen LogP contribution in [0.4, 0.5) is 17.1 Å². The topological polar surface area (TPSA) is 29.0 Å². The van der Waals surface area contributed by atoms with Crippen LogP contribution in [0.3, 0.4) is 0 Å². The summed E-state index contributed by atoms with van der Waals surface area (Å²) in [5.41, 5.74) is 16.2. The Morgan fingerprint density at radius 2 is 1.02 bits per heavy atom. The molecule has 0 saturated heterocycles. The van der Waals surface area contributed by atoms with Gasteiger partial charge in [-0.15, -0.1) is 0 Å². The number of hydrogen-bond acceptors (Lipinski definition) is 3. The minimum atomic E-state index is -0.462. The zero-order valence-electron chi connectivity index (χ0n) is 27.9. The Hall–Kier alpha value is -6.58. The normalized spacial score (nSPS) is 15.8. The standard InChI is InChI=1S/C48H33N3/c1-4-16-34(17-5-1)43-32-44(35-18-6-2-7-19-35)50-47(49-43)31-33-28-29-38-37-22-10-11-23-39(37)48(42(38)30-33)40-24-12-14-26-45(40)51(36-20-8-3-9-21-36)46-27-15-13-25-41(46)48/h1-29,31-32H,30H2/b33-31+. The Labute approximate surface area is 298 Å². The highest BCUT2D eigenvalue weighted by molar-refractivity contribution is 5.98. The highest BCUT2D eigenvalue weighted by Crippen LogP contribution is 2.64. The number of nitrogens with zero attached hydrogens (tertiary/aromatic N) is 3. The van der Waals surface area contributed by atoms with Gasteiger partial charge in [0.1, 0.15) is 0 Å². The van der Waals surface area contributed by atoms with Crippen LogP contribution in [-0.4, -0.2) is 9.97 Å². The highest BCUT2D eigenvalue weighted by Gasteiger charge is 2.52. The van der Waals surface area contributed by atoms with Gasteiger partial charge >= 0.3 is 0 Å². The molecule has 7 aromatic rings. The van der Waals surface area contributed by atoms with Gasteiger partial charge in [0.05, 0.1) is 28.2 Å². The average Bonchev–Trinajstić information content (AvgIpc) is 3.49. The molecule has 0 atom stereocenters. The van der Waals surface area contributed by atoms with Crippen molar-refractivity contribution in [2.24, 2.45) is 0 Å². The third-order valence-corrected chi connectivity index (χ3v) is 10.6. The molecular weight excluding hydrogens is 619 g/mol. The first-order chi connectivity index (χ1) is 25.3. The van der Waals surface area contributed by atoms with E-state index in [2.05, 4.69) is 181 Å². The van der Waals surface area contributed by atoms with Crippen molar-refractivity contribution in [3.05, 3.63) is 221 Å². The summed E-state index contributed by atoms with van der Waals surface area (Å²) in [7, 11) is 0. The SMILES string of the molecule is C1=C/C(=C\c2nc(-c3ccccc3)cc(-c3ccccc3)n2)CC2=C1c1ccccc1C21c2ccccc2N(c2ccccc2)c2ccccc21. The van der Waals surface area contributed by atoms with Crippen molar-refractivity contribution in [1.29, 1.82) is 0 Å². The molecule has 3 nitrogen and oxygen atoms in total. The molecule has 2 heterocycles. The molecule has 3 aliphatic rings. The van der Waals surface area contributed by atoms with Crippen molar-refractivity contribution in [3.8, 4) is 22.5 Å². The van der Waals surface area contributed by atoms with Gasteiger partial charge in [-0.3, -0.25) is 0 Å². The Morgan fingerprint density at radius 3 is 1.63 bits per heavy atom. The van der Waals surface area contributed by atoms with E-state index < -0.39 is 5.41 Å². The second-order valence-corrected chi connectivity index (χ2v) is 13.4. The lowest BCUT2D eigenvalue weighted by Crippen LogP contribution is -2.37. The molecule has 0 radical (unpaired) electrons. The first-order valence-electron chi connectivity index (χ1n) is 17.6. The summed E-state index contributed by atoms with van der Waals surface area (Å²) in [6.07, 6.45) is 7.55. The van der Waals surface area contributed by atoms with Gasteiger partial charge < -0.3 is 4.90 Å². The van der Waals surface area contributed by atoms with Gasteiger partial charge in [-0.2, -0.15) is 0 Å². The van der Waals surface area contributed by atoms with Gasteiger partial charge in [-0.1, -0.05) is 152 Å². The molecular formula is C48H33N3. The summed E-state index contributed by atoms with van der Waals surface area (Å²) in [6.45, 7) is 0. The molecule has 0 N–H and O–H groups in total. The fraction of sp³-hybridized carbons (Fsp3) is 0.0417. The monoisotopic (exact) mass is 651 g/mol. The van der Waals surface area contributed by atoms with Crippen LogP contribution in [0.15, 0.2) is 193 Å². The van der Waals surface area contributed by atoms with Crippen molar-refractivity contribution in [3.63, 3.8) is 0 Å². The molecule has 10 rings (SSSR count). The smallest absolute Gasteiger partial charge is 0.153 e. The maximum atomic E-state index is 5.12. The summed E-state index contributed by atoms with van der Waals surface area (Å²) < 4.78 is 0. The van der Waals surface area contributed by atoms with Crippen molar-refractivity contribution in [2.75, 3.05) is 4.90 Å². The number of anilines is 3. The summed E-state index contributed by atoms with van der Waals surface area (Å²) in [5.74, 6) is 0.711. The second kappa shape index (κ2) is 11.8. The molecule has 0 saturated carbocycles. The average molecular weight is 652 g/mol. The zero-order chi connectivity index (χ0) is 33.8. The van der Waals surface area contributed by atoms with Crippen LogP contribution >= 0.6 is 0 Å². The number of allylic oxidation sites excluding steroid dienone is 5. The van der Waals surface area contributed by atoms with Crippen molar-refractivity contribution in [1.82, 2.24) is 9.97 Å². The molecule has 1 spiro atoms. The van der Waals surface area contributed by atoms with Crippen molar-refractivity contribution >= 4 is 28.7 Å². The molecule has 0 bridgehead atoms. The Morgan fingerprint density at radius 1 is 0.510 bits per heavy atom. The van der Waals surface area contributed by atoms with Crippen molar-refractivity contribution < 1.29 is 0 Å². The van der Waals surface area contributed by atoms with E-state index in [4.69, 9.17) is 9.97 Å². The van der Waals surface area contributed by atoms with Crippen LogP contribution < -0.4 is 4.90 Å².